The van der Waals surface area contributed by atoms with Gasteiger partial charge in [-0.2, -0.15) is 5.26 Å². The van der Waals surface area contributed by atoms with Gasteiger partial charge in [-0.3, -0.25) is 14.2 Å². The molecule has 0 spiro atoms. The summed E-state index contributed by atoms with van der Waals surface area (Å²) in [6.07, 6.45) is 2.73. The van der Waals surface area contributed by atoms with Gasteiger partial charge in [0.25, 0.3) is 11.5 Å². The third kappa shape index (κ3) is 5.13. The lowest BCUT2D eigenvalue weighted by atomic mass is 10.1. The number of anilines is 1. The van der Waals surface area contributed by atoms with Gasteiger partial charge in [0.05, 0.1) is 28.6 Å². The average Bonchev–Trinajstić information content (AvgIpc) is 3.25. The number of aromatic nitrogens is 2. The Hall–Kier alpha value is -3.22. The number of piperidine rings is 1. The zero-order chi connectivity index (χ0) is 24.2. The molecule has 1 amide bonds. The van der Waals surface area contributed by atoms with Gasteiger partial charge >= 0.3 is 0 Å². The Balaban J connectivity index is 1.77. The van der Waals surface area contributed by atoms with Gasteiger partial charge in [-0.1, -0.05) is 32.0 Å². The molecule has 3 heterocycles. The molecule has 0 bridgehead atoms. The first-order valence-corrected chi connectivity index (χ1v) is 12.5. The molecule has 0 aliphatic carbocycles. The third-order valence-corrected chi connectivity index (χ3v) is 7.16. The summed E-state index contributed by atoms with van der Waals surface area (Å²) in [7, 11) is 0. The summed E-state index contributed by atoms with van der Waals surface area (Å²) in [6, 6.07) is 11.2. The molecule has 1 aliphatic heterocycles. The van der Waals surface area contributed by atoms with Crippen molar-refractivity contribution in [2.45, 2.75) is 45.7 Å². The fourth-order valence-electron chi connectivity index (χ4n) is 4.19. The molecule has 0 saturated carbocycles. The van der Waals surface area contributed by atoms with Gasteiger partial charge in [0.15, 0.2) is 0 Å². The quantitative estimate of drug-likeness (QED) is 0.539. The maximum absolute atomic E-state index is 13.7. The van der Waals surface area contributed by atoms with Crippen LogP contribution >= 0.6 is 11.3 Å². The molecular weight excluding hydrogens is 448 g/mol. The lowest BCUT2D eigenvalue weighted by Gasteiger charge is -2.33. The van der Waals surface area contributed by atoms with Crippen LogP contribution in [-0.4, -0.2) is 41.1 Å². The Morgan fingerprint density at radius 2 is 2.18 bits per heavy atom. The van der Waals surface area contributed by atoms with Crippen LogP contribution in [0.25, 0.3) is 10.2 Å². The number of nitriles is 1. The van der Waals surface area contributed by atoms with Gasteiger partial charge in [0.1, 0.15) is 4.70 Å². The summed E-state index contributed by atoms with van der Waals surface area (Å²) in [5.74, 6) is 0.835. The Morgan fingerprint density at radius 1 is 1.38 bits per heavy atom. The summed E-state index contributed by atoms with van der Waals surface area (Å²) in [5, 5.41) is 12.5. The van der Waals surface area contributed by atoms with Crippen LogP contribution in [0.15, 0.2) is 35.1 Å². The first-order valence-electron chi connectivity index (χ1n) is 11.7. The number of rotatable bonds is 7. The predicted octanol–water partition coefficient (Wildman–Crippen LogP) is 3.08. The normalized spacial score (nSPS) is 16.1. The first kappa shape index (κ1) is 23.9. The molecule has 0 radical (unpaired) electrons. The highest BCUT2D eigenvalue weighted by molar-refractivity contribution is 7.20. The molecule has 1 atom stereocenters. The van der Waals surface area contributed by atoms with E-state index in [2.05, 4.69) is 25.2 Å². The minimum atomic E-state index is -0.210. The van der Waals surface area contributed by atoms with Gasteiger partial charge < -0.3 is 16.0 Å². The smallest absolute Gasteiger partial charge is 0.273 e. The fraction of sp³-hybridized carbons (Fsp3) is 0.440. The van der Waals surface area contributed by atoms with Crippen molar-refractivity contribution in [1.29, 1.82) is 5.26 Å². The fourth-order valence-corrected chi connectivity index (χ4v) is 5.15. The van der Waals surface area contributed by atoms with Crippen LogP contribution < -0.4 is 21.5 Å². The second-order valence-corrected chi connectivity index (χ2v) is 10.2. The summed E-state index contributed by atoms with van der Waals surface area (Å²) in [4.78, 5) is 33.7. The number of thiophene rings is 1. The average molecular weight is 479 g/mol. The molecule has 1 saturated heterocycles. The second kappa shape index (κ2) is 10.4. The molecule has 178 valence electrons. The first-order chi connectivity index (χ1) is 16.4. The number of nitrogens with one attached hydrogen (secondary N) is 1. The molecule has 1 aliphatic rings. The van der Waals surface area contributed by atoms with E-state index in [0.29, 0.717) is 45.6 Å². The Kier molecular flexibility index (Phi) is 7.29. The summed E-state index contributed by atoms with van der Waals surface area (Å²) < 4.78 is 2.06. The Bertz CT molecular complexity index is 1290. The van der Waals surface area contributed by atoms with Crippen LogP contribution in [0.2, 0.25) is 0 Å². The molecule has 3 N–H and O–H groups in total. The largest absolute Gasteiger partial charge is 0.351 e. The summed E-state index contributed by atoms with van der Waals surface area (Å²) in [6.45, 7) is 6.38. The molecule has 4 rings (SSSR count). The van der Waals surface area contributed by atoms with E-state index in [-0.39, 0.29) is 24.1 Å². The number of amides is 1. The number of nitrogens with zero attached hydrogens (tertiary/aromatic N) is 4. The highest BCUT2D eigenvalue weighted by Gasteiger charge is 2.24. The molecule has 0 unspecified atom stereocenters. The van der Waals surface area contributed by atoms with Crippen LogP contribution in [0.1, 0.15) is 53.9 Å². The molecule has 34 heavy (non-hydrogen) atoms. The number of hydrogen-bond donors (Lipinski definition) is 2. The Labute approximate surface area is 203 Å². The standard InChI is InChI=1S/C25H30N6O2S/c1-16(2)9-10-28-23(32)21-12-20-22(34-21)24(33)31(14-18-7-4-3-6-17(18)13-26)25(29-20)30-11-5-8-19(27)15-30/h3-4,6-7,12,16,19H,5,8-11,14-15,27H2,1-2H3,(H,28,32)/t19-/m1/s1. The summed E-state index contributed by atoms with van der Waals surface area (Å²) >= 11 is 1.17. The van der Waals surface area contributed by atoms with Crippen LogP contribution in [0, 0.1) is 17.2 Å². The van der Waals surface area contributed by atoms with Crippen LogP contribution in [0.3, 0.4) is 0 Å². The van der Waals surface area contributed by atoms with Crippen LogP contribution in [0.5, 0.6) is 0 Å². The lowest BCUT2D eigenvalue weighted by Crippen LogP contribution is -2.45. The van der Waals surface area contributed by atoms with Crippen molar-refractivity contribution in [3.63, 3.8) is 0 Å². The highest BCUT2D eigenvalue weighted by Crippen LogP contribution is 2.26. The molecule has 9 heteroatoms. The van der Waals surface area contributed by atoms with Gasteiger partial charge in [-0.25, -0.2) is 4.98 Å². The van der Waals surface area contributed by atoms with E-state index in [0.717, 1.165) is 31.4 Å². The van der Waals surface area contributed by atoms with Gasteiger partial charge in [-0.05, 0) is 42.9 Å². The van der Waals surface area contributed by atoms with Crippen LogP contribution in [0.4, 0.5) is 5.95 Å². The topological polar surface area (TPSA) is 117 Å². The van der Waals surface area contributed by atoms with Crippen molar-refractivity contribution in [3.8, 4) is 6.07 Å². The summed E-state index contributed by atoms with van der Waals surface area (Å²) in [5.41, 5.74) is 7.80. The number of carbonyl (C=O) groups is 1. The van der Waals surface area contributed by atoms with Crippen molar-refractivity contribution in [1.82, 2.24) is 14.9 Å². The molecule has 2 aromatic heterocycles. The van der Waals surface area contributed by atoms with E-state index in [4.69, 9.17) is 10.7 Å². The van der Waals surface area contributed by atoms with Gasteiger partial charge in [-0.15, -0.1) is 11.3 Å². The number of nitrogens with two attached hydrogens (primary N) is 1. The van der Waals surface area contributed by atoms with E-state index >= 15 is 0 Å². The molecule has 1 aromatic carbocycles. The number of hydrogen-bond acceptors (Lipinski definition) is 7. The number of carbonyl (C=O) groups excluding carboxylic acids is 1. The highest BCUT2D eigenvalue weighted by atomic mass is 32.1. The minimum absolute atomic E-state index is 0.00552. The number of benzene rings is 1. The van der Waals surface area contributed by atoms with E-state index in [1.54, 1.807) is 22.8 Å². The van der Waals surface area contributed by atoms with Crippen molar-refractivity contribution in [2.24, 2.45) is 11.7 Å². The van der Waals surface area contributed by atoms with Crippen molar-refractivity contribution < 1.29 is 4.79 Å². The van der Waals surface area contributed by atoms with Crippen molar-refractivity contribution >= 4 is 33.4 Å². The zero-order valence-electron chi connectivity index (χ0n) is 19.6. The second-order valence-electron chi connectivity index (χ2n) is 9.18. The molecular formula is C25H30N6O2S. The molecule has 1 fully saturated rings. The van der Waals surface area contributed by atoms with Crippen molar-refractivity contribution in [2.75, 3.05) is 24.5 Å². The Morgan fingerprint density at radius 3 is 2.91 bits per heavy atom. The lowest BCUT2D eigenvalue weighted by molar-refractivity contribution is 0.0956. The zero-order valence-corrected chi connectivity index (χ0v) is 20.4. The van der Waals surface area contributed by atoms with E-state index in [9.17, 15) is 14.9 Å². The SMILES string of the molecule is CC(C)CCNC(=O)c1cc2nc(N3CCC[C@@H](N)C3)n(Cc3ccccc3C#N)c(=O)c2s1. The van der Waals surface area contributed by atoms with Gasteiger partial charge in [0, 0.05) is 25.7 Å². The van der Waals surface area contributed by atoms with Crippen molar-refractivity contribution in [3.05, 3.63) is 56.7 Å². The maximum atomic E-state index is 13.7. The van der Waals surface area contributed by atoms with E-state index in [1.165, 1.54) is 11.3 Å². The molecule has 8 nitrogen and oxygen atoms in total. The van der Waals surface area contributed by atoms with E-state index < -0.39 is 0 Å². The third-order valence-electron chi connectivity index (χ3n) is 6.05. The van der Waals surface area contributed by atoms with Crippen LogP contribution in [-0.2, 0) is 6.54 Å². The van der Waals surface area contributed by atoms with Gasteiger partial charge in [0.2, 0.25) is 5.95 Å². The minimum Gasteiger partial charge on any atom is -0.351 e. The number of fused-ring (bicyclic) bond motifs is 1. The monoisotopic (exact) mass is 478 g/mol. The maximum Gasteiger partial charge on any atom is 0.273 e. The van der Waals surface area contributed by atoms with E-state index in [1.807, 2.05) is 17.0 Å². The molecule has 3 aromatic rings. The predicted molar refractivity (Wildman–Crippen MR) is 135 cm³/mol.